The lowest BCUT2D eigenvalue weighted by Gasteiger charge is -2.28. The van der Waals surface area contributed by atoms with Gasteiger partial charge >= 0.3 is 0 Å². The van der Waals surface area contributed by atoms with Crippen LogP contribution in [0, 0.1) is 0 Å². The zero-order valence-corrected chi connectivity index (χ0v) is 12.5. The lowest BCUT2D eigenvalue weighted by molar-refractivity contribution is -0.140. The van der Waals surface area contributed by atoms with Crippen molar-refractivity contribution >= 4 is 23.6 Å². The summed E-state index contributed by atoms with van der Waals surface area (Å²) in [6.45, 7) is 2.64. The molecule has 0 N–H and O–H groups in total. The van der Waals surface area contributed by atoms with Crippen molar-refractivity contribution in [2.24, 2.45) is 0 Å². The van der Waals surface area contributed by atoms with E-state index in [4.69, 9.17) is 0 Å². The first-order valence-electron chi connectivity index (χ1n) is 6.98. The van der Waals surface area contributed by atoms with Gasteiger partial charge < -0.3 is 9.80 Å². The normalized spacial score (nSPS) is 23.2. The molecule has 19 heavy (non-hydrogen) atoms. The predicted octanol–water partition coefficient (Wildman–Crippen LogP) is 1.87. The first kappa shape index (κ1) is 14.4. The number of carbonyl (C=O) groups excluding carboxylic acids is 2. The van der Waals surface area contributed by atoms with Crippen molar-refractivity contribution in [1.29, 1.82) is 0 Å². The van der Waals surface area contributed by atoms with Gasteiger partial charge in [-0.25, -0.2) is 0 Å². The summed E-state index contributed by atoms with van der Waals surface area (Å²) in [6, 6.07) is -0.273. The van der Waals surface area contributed by atoms with Crippen LogP contribution in [0.4, 0.5) is 0 Å². The molecule has 0 saturated carbocycles. The van der Waals surface area contributed by atoms with E-state index in [-0.39, 0.29) is 17.9 Å². The van der Waals surface area contributed by atoms with Gasteiger partial charge in [-0.3, -0.25) is 9.59 Å². The Hall–Kier alpha value is -0.970. The van der Waals surface area contributed by atoms with Crippen molar-refractivity contribution in [3.63, 3.8) is 0 Å². The van der Waals surface area contributed by atoms with Crippen molar-refractivity contribution < 1.29 is 9.59 Å². The molecule has 0 radical (unpaired) electrons. The third-order valence-corrected chi connectivity index (χ3v) is 4.86. The topological polar surface area (TPSA) is 40.6 Å². The highest BCUT2D eigenvalue weighted by atomic mass is 32.2. The van der Waals surface area contributed by atoms with Crippen molar-refractivity contribution in [3.05, 3.63) is 11.6 Å². The van der Waals surface area contributed by atoms with Gasteiger partial charge in [0, 0.05) is 24.9 Å². The molecule has 0 spiro atoms. The van der Waals surface area contributed by atoms with Gasteiger partial charge in [0.2, 0.25) is 5.91 Å². The number of rotatable bonds is 3. The molecule has 1 fully saturated rings. The smallest absolute Gasteiger partial charge is 0.250 e. The first-order chi connectivity index (χ1) is 9.15. The van der Waals surface area contributed by atoms with E-state index in [0.717, 1.165) is 30.6 Å². The average molecular weight is 282 g/mol. The molecule has 0 aromatic heterocycles. The van der Waals surface area contributed by atoms with Crippen molar-refractivity contribution in [3.8, 4) is 0 Å². The zero-order valence-electron chi connectivity index (χ0n) is 11.7. The molecule has 4 nitrogen and oxygen atoms in total. The Morgan fingerprint density at radius 2 is 2.26 bits per heavy atom. The van der Waals surface area contributed by atoms with Gasteiger partial charge in [-0.1, -0.05) is 6.08 Å². The maximum atomic E-state index is 12.5. The molecule has 2 rings (SSSR count). The van der Waals surface area contributed by atoms with Crippen LogP contribution in [0.15, 0.2) is 11.6 Å². The van der Waals surface area contributed by atoms with Gasteiger partial charge in [0.05, 0.1) is 5.88 Å². The Balaban J connectivity index is 2.08. The minimum Gasteiger partial charge on any atom is -0.344 e. The molecule has 0 aromatic carbocycles. The van der Waals surface area contributed by atoms with Gasteiger partial charge in [0.15, 0.2) is 0 Å². The molecule has 2 aliphatic rings. The third kappa shape index (κ3) is 3.14. The average Bonchev–Trinajstić information content (AvgIpc) is 2.95. The second-order valence-electron chi connectivity index (χ2n) is 5.12. The van der Waals surface area contributed by atoms with E-state index >= 15 is 0 Å². The molecule has 1 aliphatic carbocycles. The first-order valence-corrected chi connectivity index (χ1v) is 8.13. The van der Waals surface area contributed by atoms with Crippen molar-refractivity contribution in [1.82, 2.24) is 9.80 Å². The monoisotopic (exact) mass is 282 g/mol. The van der Waals surface area contributed by atoms with Gasteiger partial charge in [0.25, 0.3) is 5.91 Å². The van der Waals surface area contributed by atoms with Crippen LogP contribution >= 0.6 is 11.8 Å². The number of allylic oxidation sites excluding steroid dienone is 1. The van der Waals surface area contributed by atoms with Crippen LogP contribution < -0.4 is 0 Å². The number of nitrogens with zero attached hydrogens (tertiary/aromatic N) is 2. The Kier molecular flexibility index (Phi) is 4.91. The van der Waals surface area contributed by atoms with E-state index in [2.05, 4.69) is 6.08 Å². The second-order valence-corrected chi connectivity index (χ2v) is 6.12. The van der Waals surface area contributed by atoms with Crippen LogP contribution in [0.5, 0.6) is 0 Å². The Bertz CT molecular complexity index is 395. The van der Waals surface area contributed by atoms with Gasteiger partial charge in [0.1, 0.15) is 6.04 Å². The number of carbonyl (C=O) groups is 2. The number of amides is 2. The van der Waals surface area contributed by atoms with Crippen LogP contribution in [-0.2, 0) is 9.59 Å². The quantitative estimate of drug-likeness (QED) is 0.793. The summed E-state index contributed by atoms with van der Waals surface area (Å²) in [6.07, 6.45) is 6.18. The fourth-order valence-corrected chi connectivity index (χ4v) is 3.62. The molecule has 0 bridgehead atoms. The predicted molar refractivity (Wildman–Crippen MR) is 77.8 cm³/mol. The number of hydrogen-bond acceptors (Lipinski definition) is 3. The SMILES string of the molecule is CCN(C)C(=O)[C@@H]1CSCN1C(=O)C1=CCCCC1. The maximum Gasteiger partial charge on any atom is 0.250 e. The van der Waals surface area contributed by atoms with E-state index in [0.29, 0.717) is 12.4 Å². The number of thioether (sulfide) groups is 1. The zero-order chi connectivity index (χ0) is 13.8. The summed E-state index contributed by atoms with van der Waals surface area (Å²) in [4.78, 5) is 28.2. The molecule has 0 aromatic rings. The lowest BCUT2D eigenvalue weighted by atomic mass is 9.98. The maximum absolute atomic E-state index is 12.5. The number of likely N-dealkylation sites (N-methyl/N-ethyl adjacent to an activating group) is 1. The summed E-state index contributed by atoms with van der Waals surface area (Å²) in [5, 5.41) is 0. The molecule has 5 heteroatoms. The van der Waals surface area contributed by atoms with Crippen LogP contribution in [0.1, 0.15) is 32.6 Å². The van der Waals surface area contributed by atoms with E-state index in [9.17, 15) is 9.59 Å². The summed E-state index contributed by atoms with van der Waals surface area (Å²) in [7, 11) is 1.80. The molecule has 1 saturated heterocycles. The molecular formula is C14H22N2O2S. The van der Waals surface area contributed by atoms with Crippen LogP contribution in [0.2, 0.25) is 0 Å². The lowest BCUT2D eigenvalue weighted by Crippen LogP contribution is -2.48. The van der Waals surface area contributed by atoms with Gasteiger partial charge in [-0.2, -0.15) is 0 Å². The fraction of sp³-hybridized carbons (Fsp3) is 0.714. The highest BCUT2D eigenvalue weighted by Gasteiger charge is 2.36. The molecule has 2 amide bonds. The minimum atomic E-state index is -0.273. The summed E-state index contributed by atoms with van der Waals surface area (Å²) >= 11 is 1.67. The minimum absolute atomic E-state index is 0.0669. The highest BCUT2D eigenvalue weighted by molar-refractivity contribution is 7.99. The Labute approximate surface area is 119 Å². The van der Waals surface area contributed by atoms with Crippen molar-refractivity contribution in [2.75, 3.05) is 25.2 Å². The van der Waals surface area contributed by atoms with E-state index in [1.807, 2.05) is 6.92 Å². The molecular weight excluding hydrogens is 260 g/mol. The highest BCUT2D eigenvalue weighted by Crippen LogP contribution is 2.27. The standard InChI is InChI=1S/C14H22N2O2S/c1-3-15(2)14(18)12-9-19-10-16(12)13(17)11-7-5-4-6-8-11/h7,12H,3-6,8-10H2,1-2H3/t12-/m0/s1. The fourth-order valence-electron chi connectivity index (χ4n) is 2.47. The van der Waals surface area contributed by atoms with Gasteiger partial charge in [-0.15, -0.1) is 11.8 Å². The molecule has 1 heterocycles. The molecule has 0 unspecified atom stereocenters. The van der Waals surface area contributed by atoms with E-state index in [1.165, 1.54) is 6.42 Å². The summed E-state index contributed by atoms with van der Waals surface area (Å²) < 4.78 is 0. The Morgan fingerprint density at radius 3 is 2.89 bits per heavy atom. The molecule has 1 atom stereocenters. The molecule has 106 valence electrons. The van der Waals surface area contributed by atoms with Gasteiger partial charge in [-0.05, 0) is 32.6 Å². The Morgan fingerprint density at radius 1 is 1.47 bits per heavy atom. The van der Waals surface area contributed by atoms with E-state index < -0.39 is 0 Å². The number of hydrogen-bond donors (Lipinski definition) is 0. The van der Waals surface area contributed by atoms with Crippen LogP contribution in [0.3, 0.4) is 0 Å². The van der Waals surface area contributed by atoms with Crippen LogP contribution in [-0.4, -0.2) is 52.9 Å². The van der Waals surface area contributed by atoms with Crippen molar-refractivity contribution in [2.45, 2.75) is 38.6 Å². The molecule has 1 aliphatic heterocycles. The van der Waals surface area contributed by atoms with Crippen LogP contribution in [0.25, 0.3) is 0 Å². The second kappa shape index (κ2) is 6.46. The third-order valence-electron chi connectivity index (χ3n) is 3.84. The summed E-state index contributed by atoms with van der Waals surface area (Å²) in [5.41, 5.74) is 0.908. The van der Waals surface area contributed by atoms with E-state index in [1.54, 1.807) is 28.6 Å². The largest absolute Gasteiger partial charge is 0.344 e. The summed E-state index contributed by atoms with van der Waals surface area (Å²) in [5.74, 6) is 1.51.